The monoisotopic (exact) mass is 528 g/mol. The van der Waals surface area contributed by atoms with Crippen molar-refractivity contribution in [3.63, 3.8) is 0 Å². The Balaban J connectivity index is 1.60. The van der Waals surface area contributed by atoms with Gasteiger partial charge in [-0.1, -0.05) is 18.2 Å². The predicted molar refractivity (Wildman–Crippen MR) is 131 cm³/mol. The fourth-order valence-electron chi connectivity index (χ4n) is 3.81. The first kappa shape index (κ1) is 26.4. The molecule has 38 heavy (non-hydrogen) atoms. The van der Waals surface area contributed by atoms with Gasteiger partial charge in [-0.05, 0) is 54.1 Å². The van der Waals surface area contributed by atoms with Crippen LogP contribution >= 0.6 is 0 Å². The minimum Gasteiger partial charge on any atom is -0.480 e. The summed E-state index contributed by atoms with van der Waals surface area (Å²) in [5.41, 5.74) is 0.362. The molecule has 0 unspecified atom stereocenters. The molecule has 0 aliphatic heterocycles. The van der Waals surface area contributed by atoms with E-state index < -0.39 is 35.5 Å². The van der Waals surface area contributed by atoms with Crippen molar-refractivity contribution in [1.29, 1.82) is 0 Å². The summed E-state index contributed by atoms with van der Waals surface area (Å²) in [5.74, 6) is -2.18. The number of hydrogen-bond acceptors (Lipinski definition) is 4. The van der Waals surface area contributed by atoms with E-state index in [-0.39, 0.29) is 40.9 Å². The van der Waals surface area contributed by atoms with Crippen LogP contribution < -0.4 is 16.0 Å². The summed E-state index contributed by atoms with van der Waals surface area (Å²) >= 11 is 0. The number of urea groups is 1. The highest BCUT2D eigenvalue weighted by atomic mass is 19.4. The number of nitrogens with zero attached hydrogens (tertiary/aromatic N) is 1. The van der Waals surface area contributed by atoms with Gasteiger partial charge in [-0.15, -0.1) is 0 Å². The van der Waals surface area contributed by atoms with Crippen LogP contribution in [-0.2, 0) is 17.5 Å². The quantitative estimate of drug-likeness (QED) is 0.243. The molecule has 3 aromatic carbocycles. The molecule has 0 saturated carbocycles. The molecule has 1 heterocycles. The van der Waals surface area contributed by atoms with E-state index in [1.54, 1.807) is 24.3 Å². The van der Waals surface area contributed by atoms with Gasteiger partial charge in [-0.2, -0.15) is 13.2 Å². The lowest BCUT2D eigenvalue weighted by Gasteiger charge is -2.10. The zero-order valence-electron chi connectivity index (χ0n) is 19.5. The standard InChI is InChI=1S/C26H20F4N4O4/c27-17-7-10-22-20(11-17)21(33-25(38)32-18-8-5-16(6-9-18)26(28,29)30)14-34(22)24(37)19-4-2-1-3-15(19)12-31-13-23(35)36/h1-11,14,31H,12-13H2,(H,35,36)(H2,32,33,38). The number of aliphatic carboxylic acids is 1. The molecule has 2 amide bonds. The summed E-state index contributed by atoms with van der Waals surface area (Å²) in [5, 5.41) is 16.7. The number of aromatic nitrogens is 1. The molecule has 0 spiro atoms. The van der Waals surface area contributed by atoms with E-state index in [0.29, 0.717) is 5.56 Å². The minimum atomic E-state index is -4.52. The Morgan fingerprint density at radius 2 is 1.63 bits per heavy atom. The van der Waals surface area contributed by atoms with Gasteiger partial charge in [0.15, 0.2) is 0 Å². The van der Waals surface area contributed by atoms with Gasteiger partial charge in [0.25, 0.3) is 5.91 Å². The lowest BCUT2D eigenvalue weighted by Crippen LogP contribution is -2.23. The highest BCUT2D eigenvalue weighted by Crippen LogP contribution is 2.31. The summed E-state index contributed by atoms with van der Waals surface area (Å²) in [4.78, 5) is 36.9. The number of alkyl halides is 3. The molecule has 196 valence electrons. The number of halogens is 4. The van der Waals surface area contributed by atoms with Crippen molar-refractivity contribution in [2.24, 2.45) is 0 Å². The number of carbonyl (C=O) groups is 3. The molecule has 0 aliphatic carbocycles. The van der Waals surface area contributed by atoms with Crippen molar-refractivity contribution in [1.82, 2.24) is 9.88 Å². The third kappa shape index (κ3) is 5.98. The van der Waals surface area contributed by atoms with Gasteiger partial charge < -0.3 is 21.1 Å². The van der Waals surface area contributed by atoms with Crippen molar-refractivity contribution < 1.29 is 37.1 Å². The first-order valence-electron chi connectivity index (χ1n) is 11.1. The highest BCUT2D eigenvalue weighted by Gasteiger charge is 2.30. The number of anilines is 2. The van der Waals surface area contributed by atoms with Crippen LogP contribution in [0.5, 0.6) is 0 Å². The first-order valence-corrected chi connectivity index (χ1v) is 11.1. The second-order valence-electron chi connectivity index (χ2n) is 8.19. The highest BCUT2D eigenvalue weighted by molar-refractivity contribution is 6.10. The molecule has 0 atom stereocenters. The summed E-state index contributed by atoms with van der Waals surface area (Å²) in [6.45, 7) is -0.209. The summed E-state index contributed by atoms with van der Waals surface area (Å²) in [7, 11) is 0. The van der Waals surface area contributed by atoms with Gasteiger partial charge in [-0.3, -0.25) is 14.2 Å². The largest absolute Gasteiger partial charge is 0.480 e. The number of carbonyl (C=O) groups excluding carboxylic acids is 2. The number of carboxylic acids is 1. The van der Waals surface area contributed by atoms with Gasteiger partial charge in [0.2, 0.25) is 0 Å². The zero-order chi connectivity index (χ0) is 27.4. The normalized spacial score (nSPS) is 11.4. The molecular weight excluding hydrogens is 508 g/mol. The molecule has 0 saturated heterocycles. The number of fused-ring (bicyclic) bond motifs is 1. The van der Waals surface area contributed by atoms with Crippen LogP contribution in [0, 0.1) is 5.82 Å². The third-order valence-corrected chi connectivity index (χ3v) is 5.54. The summed E-state index contributed by atoms with van der Waals surface area (Å²) < 4.78 is 53.6. The first-order chi connectivity index (χ1) is 18.0. The number of amides is 2. The number of rotatable bonds is 7. The fourth-order valence-corrected chi connectivity index (χ4v) is 3.81. The van der Waals surface area contributed by atoms with Crippen LogP contribution in [0.25, 0.3) is 10.9 Å². The molecule has 0 aliphatic rings. The number of benzene rings is 3. The van der Waals surface area contributed by atoms with Crippen LogP contribution in [0.3, 0.4) is 0 Å². The predicted octanol–water partition coefficient (Wildman–Crippen LogP) is 5.31. The lowest BCUT2D eigenvalue weighted by molar-refractivity contribution is -0.138. The van der Waals surface area contributed by atoms with E-state index >= 15 is 0 Å². The fraction of sp³-hybridized carbons (Fsp3) is 0.115. The Kier molecular flexibility index (Phi) is 7.44. The summed E-state index contributed by atoms with van der Waals surface area (Å²) in [6.07, 6.45) is -3.22. The van der Waals surface area contributed by atoms with Crippen molar-refractivity contribution >= 4 is 40.2 Å². The van der Waals surface area contributed by atoms with Gasteiger partial charge >= 0.3 is 18.2 Å². The molecule has 4 rings (SSSR count). The molecule has 0 fully saturated rings. The zero-order valence-corrected chi connectivity index (χ0v) is 19.5. The Morgan fingerprint density at radius 1 is 0.921 bits per heavy atom. The molecule has 1 aromatic heterocycles. The van der Waals surface area contributed by atoms with Gasteiger partial charge in [0, 0.05) is 29.4 Å². The van der Waals surface area contributed by atoms with Crippen molar-refractivity contribution in [3.8, 4) is 0 Å². The minimum absolute atomic E-state index is 0.0822. The van der Waals surface area contributed by atoms with Crippen LogP contribution in [0.4, 0.5) is 33.7 Å². The number of hydrogen-bond donors (Lipinski definition) is 4. The Hall–Kier alpha value is -4.71. The summed E-state index contributed by atoms with van der Waals surface area (Å²) in [6, 6.07) is 13.2. The van der Waals surface area contributed by atoms with E-state index in [9.17, 15) is 31.9 Å². The Bertz CT molecular complexity index is 1510. The van der Waals surface area contributed by atoms with E-state index in [1.807, 2.05) is 0 Å². The van der Waals surface area contributed by atoms with Crippen LogP contribution in [0.15, 0.2) is 72.9 Å². The van der Waals surface area contributed by atoms with Gasteiger partial charge in [-0.25, -0.2) is 9.18 Å². The molecule has 8 nitrogen and oxygen atoms in total. The average Bonchev–Trinajstić information content (AvgIpc) is 3.20. The van der Waals surface area contributed by atoms with Crippen LogP contribution in [-0.4, -0.2) is 34.1 Å². The van der Waals surface area contributed by atoms with Crippen molar-refractivity contribution in [2.45, 2.75) is 12.7 Å². The van der Waals surface area contributed by atoms with Crippen molar-refractivity contribution in [2.75, 3.05) is 17.2 Å². The second-order valence-corrected chi connectivity index (χ2v) is 8.19. The Labute approximate surface area is 212 Å². The molecule has 12 heteroatoms. The van der Waals surface area contributed by atoms with Gasteiger partial charge in [0.05, 0.1) is 23.3 Å². The third-order valence-electron chi connectivity index (χ3n) is 5.54. The maximum atomic E-state index is 14.1. The number of carboxylic acid groups (broad SMARTS) is 1. The SMILES string of the molecule is O=C(O)CNCc1ccccc1C(=O)n1cc(NC(=O)Nc2ccc(C(F)(F)F)cc2)c2cc(F)ccc21. The van der Waals surface area contributed by atoms with E-state index in [0.717, 1.165) is 36.4 Å². The van der Waals surface area contributed by atoms with Crippen molar-refractivity contribution in [3.05, 3.63) is 95.4 Å². The van der Waals surface area contributed by atoms with E-state index in [2.05, 4.69) is 16.0 Å². The van der Waals surface area contributed by atoms with Crippen LogP contribution in [0.2, 0.25) is 0 Å². The average molecular weight is 528 g/mol. The topological polar surface area (TPSA) is 112 Å². The Morgan fingerprint density at radius 3 is 2.32 bits per heavy atom. The van der Waals surface area contributed by atoms with E-state index in [4.69, 9.17) is 5.11 Å². The second kappa shape index (κ2) is 10.7. The number of nitrogens with one attached hydrogen (secondary N) is 3. The van der Waals surface area contributed by atoms with E-state index in [1.165, 1.54) is 16.8 Å². The molecule has 0 radical (unpaired) electrons. The van der Waals surface area contributed by atoms with Crippen LogP contribution in [0.1, 0.15) is 21.5 Å². The lowest BCUT2D eigenvalue weighted by atomic mass is 10.1. The molecule has 4 aromatic rings. The smallest absolute Gasteiger partial charge is 0.416 e. The van der Waals surface area contributed by atoms with Gasteiger partial charge in [0.1, 0.15) is 5.82 Å². The molecule has 4 N–H and O–H groups in total. The maximum Gasteiger partial charge on any atom is 0.416 e. The maximum absolute atomic E-state index is 14.1. The molecular formula is C26H20F4N4O4. The molecule has 0 bridgehead atoms.